The van der Waals surface area contributed by atoms with E-state index in [9.17, 15) is 9.59 Å². The summed E-state index contributed by atoms with van der Waals surface area (Å²) in [6.07, 6.45) is 70.6. The van der Waals surface area contributed by atoms with Gasteiger partial charge in [-0.1, -0.05) is 235 Å². The van der Waals surface area contributed by atoms with Gasteiger partial charge in [0.25, 0.3) is 0 Å². The van der Waals surface area contributed by atoms with Gasteiger partial charge in [-0.25, -0.2) is 0 Å². The summed E-state index contributed by atoms with van der Waals surface area (Å²) in [6, 6.07) is 0. The monoisotopic (exact) mass is 893 g/mol. The summed E-state index contributed by atoms with van der Waals surface area (Å²) in [6.45, 7) is 7.66. The number of ether oxygens (including phenoxy) is 3. The summed E-state index contributed by atoms with van der Waals surface area (Å²) in [4.78, 5) is 25.4. The zero-order valence-corrected chi connectivity index (χ0v) is 42.5. The molecule has 0 amide bonds. The van der Waals surface area contributed by atoms with Crippen molar-refractivity contribution in [2.45, 2.75) is 271 Å². The second-order valence-electron chi connectivity index (χ2n) is 18.1. The van der Waals surface area contributed by atoms with Gasteiger partial charge in [-0.05, 0) is 89.9 Å². The minimum atomic E-state index is -0.561. The van der Waals surface area contributed by atoms with E-state index in [4.69, 9.17) is 14.2 Å². The van der Waals surface area contributed by atoms with Crippen LogP contribution in [0.2, 0.25) is 0 Å². The van der Waals surface area contributed by atoms with Gasteiger partial charge in [-0.15, -0.1) is 0 Å². The summed E-state index contributed by atoms with van der Waals surface area (Å²) in [5.41, 5.74) is 0. The fourth-order valence-corrected chi connectivity index (χ4v) is 7.65. The first kappa shape index (κ1) is 61.3. The third-order valence-electron chi connectivity index (χ3n) is 11.7. The Balaban J connectivity index is 4.32. The maximum atomic E-state index is 12.8. The van der Waals surface area contributed by atoms with Gasteiger partial charge in [0.2, 0.25) is 0 Å². The molecule has 1 unspecified atom stereocenters. The fraction of sp³-hybridized carbons (Fsp3) is 0.763. The third kappa shape index (κ3) is 52.0. The molecule has 0 aromatic rings. The maximum Gasteiger partial charge on any atom is 0.306 e. The summed E-state index contributed by atoms with van der Waals surface area (Å²) in [5.74, 6) is -0.454. The highest BCUT2D eigenvalue weighted by Crippen LogP contribution is 2.15. The normalized spacial score (nSPS) is 12.7. The Bertz CT molecular complexity index is 1150. The van der Waals surface area contributed by atoms with Crippen LogP contribution in [-0.4, -0.2) is 37.9 Å². The van der Waals surface area contributed by atoms with Crippen LogP contribution in [0.3, 0.4) is 0 Å². The van der Waals surface area contributed by atoms with E-state index in [0.29, 0.717) is 19.4 Å². The number of hydrogen-bond acceptors (Lipinski definition) is 5. The molecule has 0 spiro atoms. The highest BCUT2D eigenvalue weighted by atomic mass is 16.6. The number of unbranched alkanes of at least 4 members (excludes halogenated alkanes) is 27. The van der Waals surface area contributed by atoms with Crippen molar-refractivity contribution in [2.24, 2.45) is 0 Å². The molecule has 370 valence electrons. The van der Waals surface area contributed by atoms with E-state index in [1.807, 2.05) is 0 Å². The summed E-state index contributed by atoms with van der Waals surface area (Å²) in [7, 11) is 0. The van der Waals surface area contributed by atoms with Crippen molar-refractivity contribution in [1.82, 2.24) is 0 Å². The molecule has 5 nitrogen and oxygen atoms in total. The van der Waals surface area contributed by atoms with Crippen LogP contribution >= 0.6 is 0 Å². The van der Waals surface area contributed by atoms with Crippen LogP contribution in [0.5, 0.6) is 0 Å². The fourth-order valence-electron chi connectivity index (χ4n) is 7.65. The molecule has 0 radical (unpaired) electrons. The number of hydrogen-bond donors (Lipinski definition) is 0. The van der Waals surface area contributed by atoms with Crippen LogP contribution in [-0.2, 0) is 23.8 Å². The summed E-state index contributed by atoms with van der Waals surface area (Å²) >= 11 is 0. The molecule has 0 heterocycles. The highest BCUT2D eigenvalue weighted by molar-refractivity contribution is 5.70. The van der Waals surface area contributed by atoms with E-state index in [2.05, 4.69) is 93.7 Å². The molecule has 0 aliphatic heterocycles. The van der Waals surface area contributed by atoms with Crippen molar-refractivity contribution in [3.05, 3.63) is 72.9 Å². The quantitative estimate of drug-likeness (QED) is 0.0346. The number of rotatable bonds is 50. The average Bonchev–Trinajstić information content (AvgIpc) is 3.30. The zero-order chi connectivity index (χ0) is 46.3. The van der Waals surface area contributed by atoms with E-state index < -0.39 is 6.10 Å². The topological polar surface area (TPSA) is 61.8 Å². The van der Waals surface area contributed by atoms with Gasteiger partial charge in [0.1, 0.15) is 6.61 Å². The lowest BCUT2D eigenvalue weighted by atomic mass is 10.0. The van der Waals surface area contributed by atoms with Gasteiger partial charge in [0.15, 0.2) is 6.10 Å². The molecule has 0 rings (SSSR count). The standard InChI is InChI=1S/C59H104O5/c1-4-7-10-13-16-19-22-25-28-29-30-33-36-39-42-45-48-51-54-62-55-57(64-59(61)53-50-47-44-41-38-35-32-27-24-21-18-15-12-9-6-3)56-63-58(60)52-49-46-43-40-37-34-31-26-23-20-17-14-11-8-5-2/h8,11,17-18,20-21,26-27,31-32,37,40,57H,4-7,9-10,12-16,19,22-25,28-30,33-36,38-39,41-56H2,1-3H3/b11-8-,20-17-,21-18-,31-26-,32-27-,40-37-. The van der Waals surface area contributed by atoms with E-state index in [1.54, 1.807) is 0 Å². The molecule has 64 heavy (non-hydrogen) atoms. The van der Waals surface area contributed by atoms with Gasteiger partial charge in [0, 0.05) is 19.4 Å². The van der Waals surface area contributed by atoms with Crippen LogP contribution in [0.15, 0.2) is 72.9 Å². The van der Waals surface area contributed by atoms with Crippen LogP contribution in [0.1, 0.15) is 265 Å². The second-order valence-corrected chi connectivity index (χ2v) is 18.1. The zero-order valence-electron chi connectivity index (χ0n) is 42.5. The average molecular weight is 893 g/mol. The molecule has 1 atom stereocenters. The lowest BCUT2D eigenvalue weighted by Crippen LogP contribution is -2.30. The smallest absolute Gasteiger partial charge is 0.306 e. The molecule has 0 aliphatic carbocycles. The van der Waals surface area contributed by atoms with Crippen molar-refractivity contribution in [2.75, 3.05) is 19.8 Å². The van der Waals surface area contributed by atoms with E-state index in [0.717, 1.165) is 89.9 Å². The predicted molar refractivity (Wildman–Crippen MR) is 279 cm³/mol. The first-order valence-corrected chi connectivity index (χ1v) is 27.5. The molecular formula is C59H104O5. The predicted octanol–water partition coefficient (Wildman–Crippen LogP) is 18.7. The molecule has 0 N–H and O–H groups in total. The molecule has 5 heteroatoms. The van der Waals surface area contributed by atoms with E-state index in [1.165, 1.54) is 141 Å². The van der Waals surface area contributed by atoms with Crippen molar-refractivity contribution in [3.8, 4) is 0 Å². The maximum absolute atomic E-state index is 12.8. The Kier molecular flexibility index (Phi) is 52.4. The third-order valence-corrected chi connectivity index (χ3v) is 11.7. The van der Waals surface area contributed by atoms with Gasteiger partial charge in [0.05, 0.1) is 6.61 Å². The van der Waals surface area contributed by atoms with Gasteiger partial charge in [-0.2, -0.15) is 0 Å². The Morgan fingerprint density at radius 1 is 0.359 bits per heavy atom. The summed E-state index contributed by atoms with van der Waals surface area (Å²) < 4.78 is 17.4. The number of carbonyl (C=O) groups is 2. The minimum absolute atomic E-state index is 0.0583. The SMILES string of the molecule is CC/C=C\C/C=C\C/C=C\C/C=C\CCCCC(=O)OCC(COCCCCCCCCCCCCCCCCCCCC)OC(=O)CCCCCCC/C=C\C/C=C\CCCCC. The molecule has 0 bridgehead atoms. The number of carbonyl (C=O) groups excluding carboxylic acids is 2. The lowest BCUT2D eigenvalue weighted by Gasteiger charge is -2.18. The lowest BCUT2D eigenvalue weighted by molar-refractivity contribution is -0.163. The molecule has 0 saturated heterocycles. The molecule has 0 saturated carbocycles. The van der Waals surface area contributed by atoms with Gasteiger partial charge < -0.3 is 14.2 Å². The van der Waals surface area contributed by atoms with Crippen molar-refractivity contribution in [3.63, 3.8) is 0 Å². The van der Waals surface area contributed by atoms with E-state index in [-0.39, 0.29) is 25.2 Å². The first-order valence-electron chi connectivity index (χ1n) is 27.5. The molecule has 0 aliphatic rings. The van der Waals surface area contributed by atoms with Crippen molar-refractivity contribution in [1.29, 1.82) is 0 Å². The van der Waals surface area contributed by atoms with Crippen LogP contribution in [0.4, 0.5) is 0 Å². The minimum Gasteiger partial charge on any atom is -0.462 e. The Labute approximate surface area is 397 Å². The van der Waals surface area contributed by atoms with Crippen LogP contribution < -0.4 is 0 Å². The Hall–Kier alpha value is -2.66. The van der Waals surface area contributed by atoms with E-state index >= 15 is 0 Å². The van der Waals surface area contributed by atoms with Crippen LogP contribution in [0.25, 0.3) is 0 Å². The number of allylic oxidation sites excluding steroid dienone is 12. The van der Waals surface area contributed by atoms with Gasteiger partial charge in [-0.3, -0.25) is 9.59 Å². The molecule has 0 fully saturated rings. The largest absolute Gasteiger partial charge is 0.462 e. The molecular weight excluding hydrogens is 789 g/mol. The molecule has 0 aromatic heterocycles. The Morgan fingerprint density at radius 2 is 0.703 bits per heavy atom. The Morgan fingerprint density at radius 3 is 1.19 bits per heavy atom. The van der Waals surface area contributed by atoms with Crippen LogP contribution in [0, 0.1) is 0 Å². The first-order chi connectivity index (χ1) is 31.6. The van der Waals surface area contributed by atoms with Gasteiger partial charge >= 0.3 is 11.9 Å². The molecule has 0 aromatic carbocycles. The van der Waals surface area contributed by atoms with Crippen molar-refractivity contribution >= 4 is 11.9 Å². The number of esters is 2. The van der Waals surface area contributed by atoms with Crippen molar-refractivity contribution < 1.29 is 23.8 Å². The second kappa shape index (κ2) is 54.7. The highest BCUT2D eigenvalue weighted by Gasteiger charge is 2.17. The summed E-state index contributed by atoms with van der Waals surface area (Å²) in [5, 5.41) is 0.